The SMILES string of the molecule is COc1ccc(-c2ccc(C3=CC4(C)C(C=C3)c3ccc(C5=CCC(c6ccc(OC)cc6)C=C5)cc3C43c4cc(-c5ccc(-c6ccc(OC)cc6)cc5)ccc4-c4ccc(-c5ccc(-c6ccc(OC)cc6)cc5)cc43)cc2)cc1. The van der Waals surface area contributed by atoms with Gasteiger partial charge in [0.2, 0.25) is 0 Å². The first-order valence-corrected chi connectivity index (χ1v) is 28.4. The molecule has 10 aromatic carbocycles. The molecule has 0 saturated heterocycles. The smallest absolute Gasteiger partial charge is 0.118 e. The first kappa shape index (κ1) is 50.6. The average molecular weight is 1060 g/mol. The number of fused-ring (bicyclic) bond motifs is 10. The summed E-state index contributed by atoms with van der Waals surface area (Å²) in [7, 11) is 6.86. The van der Waals surface area contributed by atoms with Gasteiger partial charge in [-0.1, -0.05) is 201 Å². The van der Waals surface area contributed by atoms with Crippen molar-refractivity contribution in [3.8, 4) is 89.8 Å². The Morgan fingerprint density at radius 2 is 0.695 bits per heavy atom. The molecule has 4 nitrogen and oxygen atoms in total. The van der Waals surface area contributed by atoms with Gasteiger partial charge in [-0.15, -0.1) is 0 Å². The molecule has 0 heterocycles. The van der Waals surface area contributed by atoms with Gasteiger partial charge in [0.25, 0.3) is 0 Å². The monoisotopic (exact) mass is 1060 g/mol. The Morgan fingerprint density at radius 1 is 0.341 bits per heavy atom. The second-order valence-electron chi connectivity index (χ2n) is 22.3. The van der Waals surface area contributed by atoms with Crippen LogP contribution in [0.4, 0.5) is 0 Å². The molecule has 0 bridgehead atoms. The maximum atomic E-state index is 5.51. The van der Waals surface area contributed by atoms with Gasteiger partial charge >= 0.3 is 0 Å². The zero-order chi connectivity index (χ0) is 55.5. The van der Waals surface area contributed by atoms with Crippen LogP contribution in [-0.2, 0) is 5.41 Å². The number of benzene rings is 10. The molecule has 14 rings (SSSR count). The summed E-state index contributed by atoms with van der Waals surface area (Å²) in [6.45, 7) is 2.55. The minimum absolute atomic E-state index is 0.0767. The van der Waals surface area contributed by atoms with Crippen molar-refractivity contribution in [1.29, 1.82) is 0 Å². The van der Waals surface area contributed by atoms with Gasteiger partial charge in [0.05, 0.1) is 33.9 Å². The average Bonchev–Trinajstić information content (AvgIpc) is 1.55. The number of hydrogen-bond donors (Lipinski definition) is 0. The van der Waals surface area contributed by atoms with E-state index in [0.717, 1.165) is 46.1 Å². The van der Waals surface area contributed by atoms with Gasteiger partial charge in [0.15, 0.2) is 0 Å². The molecule has 1 spiro atoms. The Morgan fingerprint density at radius 3 is 1.11 bits per heavy atom. The summed E-state index contributed by atoms with van der Waals surface area (Å²) in [6, 6.07) is 82.7. The third kappa shape index (κ3) is 8.43. The highest BCUT2D eigenvalue weighted by Gasteiger charge is 2.64. The highest BCUT2D eigenvalue weighted by molar-refractivity contribution is 5.93. The molecule has 4 aliphatic carbocycles. The number of ether oxygens (including phenoxy) is 4. The Bertz CT molecular complexity index is 4040. The largest absolute Gasteiger partial charge is 0.497 e. The van der Waals surface area contributed by atoms with Crippen molar-refractivity contribution in [3.05, 3.63) is 300 Å². The standard InChI is InChI=1S/C78H62O4/c1-77-49-65(61-20-12-53(13-21-61)57-28-40-69(82-5)41-29-57)33-45-73(77)72-44-32-64(60-18-10-52(11-19-60)56-26-38-68(81-4)39-27-56)48-76(72)78(77)74-46-62(58-14-6-50(7-15-58)54-22-34-66(79-2)35-23-54)30-42-70(74)71-43-31-63(47-75(71)78)59-16-8-51(9-17-59)55-24-36-67(80-3)37-25-55/h6-10,12-49,52,73H,11H2,1-5H3. The third-order valence-electron chi connectivity index (χ3n) is 18.2. The number of methoxy groups -OCH3 is 4. The minimum atomic E-state index is -0.616. The van der Waals surface area contributed by atoms with Crippen LogP contribution in [0.15, 0.2) is 261 Å². The molecule has 0 N–H and O–H groups in total. The lowest BCUT2D eigenvalue weighted by Gasteiger charge is -2.46. The predicted octanol–water partition coefficient (Wildman–Crippen LogP) is 19.3. The van der Waals surface area contributed by atoms with E-state index in [2.05, 4.69) is 231 Å². The van der Waals surface area contributed by atoms with Gasteiger partial charge in [-0.25, -0.2) is 0 Å². The van der Waals surface area contributed by atoms with E-state index >= 15 is 0 Å². The zero-order valence-corrected chi connectivity index (χ0v) is 46.8. The highest BCUT2D eigenvalue weighted by Crippen LogP contribution is 2.72. The number of hydrogen-bond acceptors (Lipinski definition) is 4. The molecule has 0 aromatic heterocycles. The maximum Gasteiger partial charge on any atom is 0.118 e. The van der Waals surface area contributed by atoms with E-state index < -0.39 is 10.8 Å². The van der Waals surface area contributed by atoms with Gasteiger partial charge in [0, 0.05) is 17.3 Å². The normalized spacial score (nSPS) is 17.7. The van der Waals surface area contributed by atoms with E-state index in [4.69, 9.17) is 18.9 Å². The van der Waals surface area contributed by atoms with Crippen molar-refractivity contribution >= 4 is 11.1 Å². The first-order valence-electron chi connectivity index (χ1n) is 28.4. The predicted molar refractivity (Wildman–Crippen MR) is 337 cm³/mol. The Balaban J connectivity index is 0.948. The molecule has 4 heteroatoms. The van der Waals surface area contributed by atoms with Crippen LogP contribution in [0.2, 0.25) is 0 Å². The van der Waals surface area contributed by atoms with E-state index in [1.165, 1.54) is 100 Å². The lowest BCUT2D eigenvalue weighted by molar-refractivity contribution is 0.295. The third-order valence-corrected chi connectivity index (χ3v) is 18.2. The zero-order valence-electron chi connectivity index (χ0n) is 46.8. The summed E-state index contributed by atoms with van der Waals surface area (Å²) in [5.41, 5.74) is 24.8. The van der Waals surface area contributed by atoms with Crippen molar-refractivity contribution < 1.29 is 18.9 Å². The summed E-state index contributed by atoms with van der Waals surface area (Å²) in [5, 5.41) is 0. The first-order chi connectivity index (χ1) is 40.2. The van der Waals surface area contributed by atoms with Gasteiger partial charge < -0.3 is 18.9 Å². The van der Waals surface area contributed by atoms with Crippen LogP contribution in [-0.4, -0.2) is 28.4 Å². The van der Waals surface area contributed by atoms with E-state index in [0.29, 0.717) is 0 Å². The number of allylic oxidation sites excluding steroid dienone is 8. The fourth-order valence-electron chi connectivity index (χ4n) is 13.8. The van der Waals surface area contributed by atoms with Crippen molar-refractivity contribution in [2.24, 2.45) is 5.41 Å². The van der Waals surface area contributed by atoms with Crippen LogP contribution in [0.3, 0.4) is 0 Å². The van der Waals surface area contributed by atoms with E-state index in [9.17, 15) is 0 Å². The lowest BCUT2D eigenvalue weighted by atomic mass is 9.55. The molecule has 0 amide bonds. The fraction of sp³-hybridized carbons (Fsp3) is 0.128. The fourth-order valence-corrected chi connectivity index (χ4v) is 13.8. The van der Waals surface area contributed by atoms with Crippen LogP contribution < -0.4 is 18.9 Å². The molecule has 3 unspecified atom stereocenters. The molecule has 82 heavy (non-hydrogen) atoms. The molecule has 3 atom stereocenters. The topological polar surface area (TPSA) is 36.9 Å². The molecule has 0 radical (unpaired) electrons. The quantitative estimate of drug-likeness (QED) is 0.122. The number of rotatable bonds is 12. The Hall–Kier alpha value is -9.64. The van der Waals surface area contributed by atoms with Gasteiger partial charge in [-0.2, -0.15) is 0 Å². The van der Waals surface area contributed by atoms with E-state index in [1.807, 2.05) is 36.4 Å². The minimum Gasteiger partial charge on any atom is -0.497 e. The molecule has 4 aliphatic rings. The molecular weight excluding hydrogens is 1000 g/mol. The van der Waals surface area contributed by atoms with Crippen LogP contribution >= 0.6 is 0 Å². The van der Waals surface area contributed by atoms with Gasteiger partial charge in [-0.05, 0) is 190 Å². The summed E-state index contributed by atoms with van der Waals surface area (Å²) in [6.07, 6.45) is 15.6. The summed E-state index contributed by atoms with van der Waals surface area (Å²) >= 11 is 0. The molecule has 0 fully saturated rings. The van der Waals surface area contributed by atoms with Gasteiger partial charge in [0.1, 0.15) is 23.0 Å². The second-order valence-corrected chi connectivity index (χ2v) is 22.3. The molecule has 10 aromatic rings. The Labute approximate surface area is 481 Å². The van der Waals surface area contributed by atoms with Crippen molar-refractivity contribution in [2.45, 2.75) is 30.6 Å². The Kier molecular flexibility index (Phi) is 12.6. The van der Waals surface area contributed by atoms with E-state index in [1.54, 1.807) is 28.4 Å². The highest BCUT2D eigenvalue weighted by atomic mass is 16.5. The van der Waals surface area contributed by atoms with Crippen LogP contribution in [0.25, 0.3) is 77.9 Å². The second kappa shape index (κ2) is 20.5. The van der Waals surface area contributed by atoms with Crippen LogP contribution in [0, 0.1) is 5.41 Å². The lowest BCUT2D eigenvalue weighted by Crippen LogP contribution is -2.42. The summed E-state index contributed by atoms with van der Waals surface area (Å²) in [4.78, 5) is 0. The molecule has 398 valence electrons. The van der Waals surface area contributed by atoms with Crippen molar-refractivity contribution in [2.75, 3.05) is 28.4 Å². The van der Waals surface area contributed by atoms with Crippen LogP contribution in [0.5, 0.6) is 23.0 Å². The van der Waals surface area contributed by atoms with Gasteiger partial charge in [-0.3, -0.25) is 0 Å². The van der Waals surface area contributed by atoms with E-state index in [-0.39, 0.29) is 11.8 Å². The summed E-state index contributed by atoms with van der Waals surface area (Å²) < 4.78 is 22.0. The molecule has 0 saturated carbocycles. The van der Waals surface area contributed by atoms with Crippen LogP contribution in [0.1, 0.15) is 64.1 Å². The summed E-state index contributed by atoms with van der Waals surface area (Å²) in [5.74, 6) is 3.79. The maximum absolute atomic E-state index is 5.51. The molecule has 0 aliphatic heterocycles. The molecular formula is C78H62O4. The van der Waals surface area contributed by atoms with Crippen molar-refractivity contribution in [1.82, 2.24) is 0 Å². The van der Waals surface area contributed by atoms with Crippen molar-refractivity contribution in [3.63, 3.8) is 0 Å².